The van der Waals surface area contributed by atoms with Crippen LogP contribution in [0.5, 0.6) is 0 Å². The van der Waals surface area contributed by atoms with Crippen molar-refractivity contribution >= 4 is 52.1 Å². The summed E-state index contributed by atoms with van der Waals surface area (Å²) in [6, 6.07) is 0. The molecule has 0 aromatic carbocycles. The molecule has 3 N–H and O–H groups in total. The molecular formula is H3Al3O3+6. The van der Waals surface area contributed by atoms with E-state index < -0.39 is 0 Å². The first-order valence-corrected chi connectivity index (χ1v) is 0. The van der Waals surface area contributed by atoms with E-state index in [0.29, 0.717) is 0 Å². The molecule has 0 aliphatic heterocycles. The molecule has 0 aliphatic carbocycles. The van der Waals surface area contributed by atoms with Gasteiger partial charge < -0.3 is 16.4 Å². The molecule has 0 aromatic heterocycles. The van der Waals surface area contributed by atoms with Gasteiger partial charge in [-0.05, 0) is 0 Å². The summed E-state index contributed by atoms with van der Waals surface area (Å²) in [4.78, 5) is 0. The SMILES string of the molecule is [Al+3].[Al+3].[Al+3].[OH-].[OH-].[OH-]. The van der Waals surface area contributed by atoms with Crippen LogP contribution < -0.4 is 0 Å². The topological polar surface area (TPSA) is 90.0 Å². The minimum absolute atomic E-state index is 0. The Bertz CT molecular complexity index is 6.00. The Kier molecular flexibility index (Phi) is 2130. The van der Waals surface area contributed by atoms with Crippen molar-refractivity contribution < 1.29 is 16.4 Å². The quantitative estimate of drug-likeness (QED) is 0.369. The molecule has 0 radical (unpaired) electrons. The van der Waals surface area contributed by atoms with Crippen LogP contribution in [0, 0.1) is 0 Å². The van der Waals surface area contributed by atoms with Crippen LogP contribution in [-0.2, 0) is 0 Å². The van der Waals surface area contributed by atoms with Crippen LogP contribution in [0.3, 0.4) is 0 Å². The van der Waals surface area contributed by atoms with E-state index in [-0.39, 0.29) is 68.5 Å². The maximum absolute atomic E-state index is 0. The molecule has 0 saturated heterocycles. The monoisotopic (exact) mass is 132 g/mol. The molecule has 0 bridgehead atoms. The molecule has 0 atom stereocenters. The molecule has 0 aliphatic rings. The molecular weight excluding hydrogens is 129 g/mol. The summed E-state index contributed by atoms with van der Waals surface area (Å²) < 4.78 is 0. The average Bonchev–Trinajstić information content (AvgIpc) is 0. The summed E-state index contributed by atoms with van der Waals surface area (Å²) >= 11 is 0. The van der Waals surface area contributed by atoms with Gasteiger partial charge in [0.1, 0.15) is 0 Å². The minimum Gasteiger partial charge on any atom is -0.870 e. The van der Waals surface area contributed by atoms with Crippen molar-refractivity contribution in [3.8, 4) is 0 Å². The van der Waals surface area contributed by atoms with Crippen LogP contribution in [0.25, 0.3) is 0 Å². The standard InChI is InChI=1S/3Al.3H2O/h;;;3*1H2/q3*+3;;;/p-3. The third-order valence-electron chi connectivity index (χ3n) is 0. The second kappa shape index (κ2) is 89.0. The Balaban J connectivity index is 0. The van der Waals surface area contributed by atoms with Gasteiger partial charge in [0, 0.05) is 0 Å². The second-order valence-electron chi connectivity index (χ2n) is 0. The van der Waals surface area contributed by atoms with Gasteiger partial charge >= 0.3 is 52.1 Å². The van der Waals surface area contributed by atoms with Crippen LogP contribution in [0.1, 0.15) is 0 Å². The first kappa shape index (κ1) is 144. The van der Waals surface area contributed by atoms with E-state index in [1.54, 1.807) is 0 Å². The fourth-order valence-electron chi connectivity index (χ4n) is 0. The largest absolute Gasteiger partial charge is 3.00 e. The predicted octanol–water partition coefficient (Wildman–Crippen LogP) is -1.67. The maximum atomic E-state index is 0. The van der Waals surface area contributed by atoms with Gasteiger partial charge in [-0.25, -0.2) is 0 Å². The second-order valence-corrected chi connectivity index (χ2v) is 0. The molecule has 0 rings (SSSR count). The number of hydrogen-bond donors (Lipinski definition) is 0. The van der Waals surface area contributed by atoms with Gasteiger partial charge in [0.05, 0.1) is 0 Å². The summed E-state index contributed by atoms with van der Waals surface area (Å²) in [7, 11) is 0. The van der Waals surface area contributed by atoms with E-state index in [1.165, 1.54) is 0 Å². The van der Waals surface area contributed by atoms with E-state index in [2.05, 4.69) is 0 Å². The van der Waals surface area contributed by atoms with Crippen molar-refractivity contribution in [2.45, 2.75) is 0 Å². The van der Waals surface area contributed by atoms with E-state index in [0.717, 1.165) is 0 Å². The predicted molar refractivity (Wildman–Crippen MR) is 23.1 cm³/mol. The number of rotatable bonds is 0. The Morgan fingerprint density at radius 2 is 0.333 bits per heavy atom. The zero-order chi connectivity index (χ0) is 0. The summed E-state index contributed by atoms with van der Waals surface area (Å²) in [6.45, 7) is 0. The van der Waals surface area contributed by atoms with Crippen molar-refractivity contribution in [2.24, 2.45) is 0 Å². The Morgan fingerprint density at radius 1 is 0.333 bits per heavy atom. The number of hydrogen-bond acceptors (Lipinski definition) is 3. The fraction of sp³-hybridized carbons (Fsp3) is 0. The first-order valence-electron chi connectivity index (χ1n) is 0. The minimum atomic E-state index is 0. The summed E-state index contributed by atoms with van der Waals surface area (Å²) in [6.07, 6.45) is 0. The average molecular weight is 132 g/mol. The summed E-state index contributed by atoms with van der Waals surface area (Å²) in [5.41, 5.74) is 0. The summed E-state index contributed by atoms with van der Waals surface area (Å²) in [5, 5.41) is 0. The molecule has 0 fully saturated rings. The van der Waals surface area contributed by atoms with Gasteiger partial charge in [-0.3, -0.25) is 0 Å². The Morgan fingerprint density at radius 3 is 0.333 bits per heavy atom. The third kappa shape index (κ3) is 50.3. The molecule has 0 unspecified atom stereocenters. The van der Waals surface area contributed by atoms with E-state index >= 15 is 0 Å². The zero-order valence-electron chi connectivity index (χ0n) is 3.07. The molecule has 6 heavy (non-hydrogen) atoms. The molecule has 0 heterocycles. The fourth-order valence-corrected chi connectivity index (χ4v) is 0. The van der Waals surface area contributed by atoms with Gasteiger partial charge in [0.2, 0.25) is 0 Å². The molecule has 0 spiro atoms. The van der Waals surface area contributed by atoms with Crippen molar-refractivity contribution in [1.29, 1.82) is 0 Å². The van der Waals surface area contributed by atoms with Gasteiger partial charge in [0.25, 0.3) is 0 Å². The van der Waals surface area contributed by atoms with Gasteiger partial charge in [-0.15, -0.1) is 0 Å². The third-order valence-corrected chi connectivity index (χ3v) is 0. The Labute approximate surface area is 68.4 Å². The van der Waals surface area contributed by atoms with Crippen LogP contribution in [0.4, 0.5) is 0 Å². The molecule has 6 heteroatoms. The molecule has 0 aromatic rings. The smallest absolute Gasteiger partial charge is 0.870 e. The molecule has 3 nitrogen and oxygen atoms in total. The van der Waals surface area contributed by atoms with Crippen molar-refractivity contribution in [3.63, 3.8) is 0 Å². The van der Waals surface area contributed by atoms with Gasteiger partial charge in [-0.1, -0.05) is 0 Å². The van der Waals surface area contributed by atoms with Gasteiger partial charge in [-0.2, -0.15) is 0 Å². The van der Waals surface area contributed by atoms with E-state index in [1.807, 2.05) is 0 Å². The van der Waals surface area contributed by atoms with E-state index in [4.69, 9.17) is 0 Å². The van der Waals surface area contributed by atoms with Crippen LogP contribution in [0.15, 0.2) is 0 Å². The molecule has 0 saturated carbocycles. The van der Waals surface area contributed by atoms with E-state index in [9.17, 15) is 0 Å². The first-order chi connectivity index (χ1) is 0. The Hall–Kier alpha value is 1.48. The van der Waals surface area contributed by atoms with Crippen molar-refractivity contribution in [3.05, 3.63) is 0 Å². The summed E-state index contributed by atoms with van der Waals surface area (Å²) in [5.74, 6) is 0. The van der Waals surface area contributed by atoms with Gasteiger partial charge in [0.15, 0.2) is 0 Å². The van der Waals surface area contributed by atoms with Crippen molar-refractivity contribution in [2.75, 3.05) is 0 Å². The van der Waals surface area contributed by atoms with Crippen molar-refractivity contribution in [1.82, 2.24) is 0 Å². The molecule has 24 valence electrons. The maximum Gasteiger partial charge on any atom is 3.00 e. The normalized spacial score (nSPS) is 0. The van der Waals surface area contributed by atoms with Crippen LogP contribution in [0.2, 0.25) is 0 Å². The molecule has 0 amide bonds. The zero-order valence-corrected chi connectivity index (χ0v) is 6.54. The van der Waals surface area contributed by atoms with Crippen LogP contribution in [-0.4, -0.2) is 68.5 Å². The van der Waals surface area contributed by atoms with Crippen LogP contribution >= 0.6 is 0 Å².